The molecule has 1 aliphatic heterocycles. The molecule has 2 saturated carbocycles. The first-order chi connectivity index (χ1) is 11.7. The van der Waals surface area contributed by atoms with Gasteiger partial charge in [-0.1, -0.05) is 11.6 Å². The van der Waals surface area contributed by atoms with Gasteiger partial charge in [0.05, 0.1) is 0 Å². The number of nitrogens with zero attached hydrogens (tertiary/aromatic N) is 5. The van der Waals surface area contributed by atoms with Gasteiger partial charge in [0.2, 0.25) is 0 Å². The maximum absolute atomic E-state index is 6.34. The Kier molecular flexibility index (Phi) is 3.20. The van der Waals surface area contributed by atoms with E-state index in [1.165, 1.54) is 32.0 Å². The monoisotopic (exact) mass is 345 g/mol. The minimum Gasteiger partial charge on any atom is -0.382 e. The number of aromatic nitrogens is 5. The lowest BCUT2D eigenvalue weighted by Gasteiger charge is -2.18. The number of hydrogen-bond acceptors (Lipinski definition) is 6. The Morgan fingerprint density at radius 2 is 2.00 bits per heavy atom. The molecule has 3 aliphatic rings. The molecule has 0 unspecified atom stereocenters. The Morgan fingerprint density at radius 3 is 2.75 bits per heavy atom. The highest BCUT2D eigenvalue weighted by atomic mass is 35.5. The average Bonchev–Trinajstić information content (AvgIpc) is 3.51. The van der Waals surface area contributed by atoms with Gasteiger partial charge in [0.1, 0.15) is 23.0 Å². The van der Waals surface area contributed by atoms with Gasteiger partial charge >= 0.3 is 0 Å². The second-order valence-corrected chi connectivity index (χ2v) is 7.64. The summed E-state index contributed by atoms with van der Waals surface area (Å²) in [5, 5.41) is 8.09. The third kappa shape index (κ3) is 2.42. The molecule has 24 heavy (non-hydrogen) atoms. The molecule has 3 heterocycles. The number of hydrogen-bond donors (Lipinski definition) is 2. The van der Waals surface area contributed by atoms with Crippen molar-refractivity contribution < 1.29 is 0 Å². The zero-order valence-electron chi connectivity index (χ0n) is 13.3. The number of nitrogens with one attached hydrogen (secondary N) is 1. The van der Waals surface area contributed by atoms with Crippen molar-refractivity contribution in [3.8, 4) is 0 Å². The summed E-state index contributed by atoms with van der Waals surface area (Å²) in [5.74, 6) is 5.34. The van der Waals surface area contributed by atoms with Crippen molar-refractivity contribution in [2.24, 2.45) is 11.8 Å². The highest BCUT2D eigenvalue weighted by Gasteiger charge is 2.45. The second kappa shape index (κ2) is 5.31. The maximum atomic E-state index is 6.34. The number of rotatable bonds is 4. The molecule has 0 radical (unpaired) electrons. The molecule has 2 atom stereocenters. The number of nitrogen functional groups attached to an aromatic ring is 1. The van der Waals surface area contributed by atoms with Crippen molar-refractivity contribution in [3.05, 3.63) is 23.0 Å². The molecule has 8 heteroatoms. The summed E-state index contributed by atoms with van der Waals surface area (Å²) in [6.07, 6.45) is 6.53. The third-order valence-corrected chi connectivity index (χ3v) is 5.87. The van der Waals surface area contributed by atoms with Crippen molar-refractivity contribution in [1.82, 2.24) is 25.1 Å². The Labute approximate surface area is 145 Å². The second-order valence-electron chi connectivity index (χ2n) is 7.26. The van der Waals surface area contributed by atoms with Gasteiger partial charge in [-0.25, -0.2) is 15.0 Å². The number of H-pyrrole nitrogens is 1. The van der Waals surface area contributed by atoms with E-state index in [1.807, 2.05) is 0 Å². The van der Waals surface area contributed by atoms with E-state index in [1.54, 1.807) is 0 Å². The van der Waals surface area contributed by atoms with Crippen molar-refractivity contribution >= 4 is 23.2 Å². The lowest BCUT2D eigenvalue weighted by atomic mass is 9.91. The van der Waals surface area contributed by atoms with Crippen LogP contribution in [-0.4, -0.2) is 38.2 Å². The predicted octanol–water partition coefficient (Wildman–Crippen LogP) is 2.34. The highest BCUT2D eigenvalue weighted by Crippen LogP contribution is 2.48. The molecule has 2 aromatic rings. The van der Waals surface area contributed by atoms with Crippen LogP contribution in [0.5, 0.6) is 0 Å². The number of anilines is 2. The van der Waals surface area contributed by atoms with Gasteiger partial charge in [-0.05, 0) is 37.5 Å². The summed E-state index contributed by atoms with van der Waals surface area (Å²) in [6.45, 7) is 1.78. The summed E-state index contributed by atoms with van der Waals surface area (Å²) in [7, 11) is 0. The molecule has 2 aromatic heterocycles. The van der Waals surface area contributed by atoms with Gasteiger partial charge in [-0.2, -0.15) is 5.10 Å². The van der Waals surface area contributed by atoms with Crippen LogP contribution in [0.1, 0.15) is 49.2 Å². The van der Waals surface area contributed by atoms with E-state index in [9.17, 15) is 0 Å². The van der Waals surface area contributed by atoms with Crippen molar-refractivity contribution in [1.29, 1.82) is 0 Å². The molecule has 3 N–H and O–H groups in total. The molecule has 0 amide bonds. The van der Waals surface area contributed by atoms with E-state index in [2.05, 4.69) is 25.1 Å². The Morgan fingerprint density at radius 1 is 1.17 bits per heavy atom. The lowest BCUT2D eigenvalue weighted by Crippen LogP contribution is -2.22. The van der Waals surface area contributed by atoms with Gasteiger partial charge in [0.15, 0.2) is 11.6 Å². The molecular formula is C16H20ClN7. The quantitative estimate of drug-likeness (QED) is 0.882. The molecule has 7 nitrogen and oxygen atoms in total. The van der Waals surface area contributed by atoms with Crippen LogP contribution in [0, 0.1) is 11.8 Å². The lowest BCUT2D eigenvalue weighted by molar-refractivity contribution is 0.444. The van der Waals surface area contributed by atoms with Gasteiger partial charge in [-0.3, -0.25) is 5.10 Å². The predicted molar refractivity (Wildman–Crippen MR) is 91.0 cm³/mol. The van der Waals surface area contributed by atoms with E-state index in [-0.39, 0.29) is 0 Å². The maximum Gasteiger partial charge on any atom is 0.153 e. The Bertz CT molecular complexity index is 768. The number of halogens is 1. The summed E-state index contributed by atoms with van der Waals surface area (Å²) in [5.41, 5.74) is 5.85. The Balaban J connectivity index is 1.44. The zero-order chi connectivity index (χ0) is 16.3. The van der Waals surface area contributed by atoms with E-state index in [0.717, 1.165) is 36.5 Å². The summed E-state index contributed by atoms with van der Waals surface area (Å²) < 4.78 is 0. The first-order valence-corrected chi connectivity index (χ1v) is 9.01. The van der Waals surface area contributed by atoms with Crippen molar-refractivity contribution in [3.63, 3.8) is 0 Å². The summed E-state index contributed by atoms with van der Waals surface area (Å²) in [6, 6.07) is 0. The van der Waals surface area contributed by atoms with E-state index >= 15 is 0 Å². The first-order valence-electron chi connectivity index (χ1n) is 8.64. The molecule has 2 aliphatic carbocycles. The molecular weight excluding hydrogens is 326 g/mol. The fourth-order valence-corrected chi connectivity index (χ4v) is 4.08. The van der Waals surface area contributed by atoms with Gasteiger partial charge in [0.25, 0.3) is 0 Å². The fourth-order valence-electron chi connectivity index (χ4n) is 3.87. The van der Waals surface area contributed by atoms with E-state index < -0.39 is 0 Å². The summed E-state index contributed by atoms with van der Waals surface area (Å²) >= 11 is 6.34. The van der Waals surface area contributed by atoms with Crippen molar-refractivity contribution in [2.45, 2.75) is 37.5 Å². The van der Waals surface area contributed by atoms with Crippen LogP contribution in [0.25, 0.3) is 0 Å². The van der Waals surface area contributed by atoms with E-state index in [4.69, 9.17) is 22.3 Å². The normalized spacial score (nSPS) is 27.0. The number of nitrogens with two attached hydrogens (primary N) is 1. The molecule has 0 bridgehead atoms. The van der Waals surface area contributed by atoms with E-state index in [0.29, 0.717) is 28.6 Å². The molecule has 5 rings (SSSR count). The zero-order valence-corrected chi connectivity index (χ0v) is 14.1. The standard InChI is InChI=1S/C16H20ClN7/c17-12-13(18)19-7-20-16(12)24-5-10(8-1-2-8)11(6-24)15-21-14(22-23-15)9-3-4-9/h7-11H,1-6H2,(H2,18,19,20)(H,21,22,23)/t10-,11+/m1/s1. The molecule has 0 aromatic carbocycles. The van der Waals surface area contributed by atoms with Crippen LogP contribution >= 0.6 is 11.6 Å². The average molecular weight is 346 g/mol. The topological polar surface area (TPSA) is 96.6 Å². The number of aromatic amines is 1. The highest BCUT2D eigenvalue weighted by molar-refractivity contribution is 6.35. The third-order valence-electron chi connectivity index (χ3n) is 5.50. The fraction of sp³-hybridized carbons (Fsp3) is 0.625. The van der Waals surface area contributed by atoms with Crippen LogP contribution in [0.4, 0.5) is 11.6 Å². The van der Waals surface area contributed by atoms with Crippen LogP contribution < -0.4 is 10.6 Å². The smallest absolute Gasteiger partial charge is 0.153 e. The molecule has 126 valence electrons. The minimum absolute atomic E-state index is 0.337. The van der Waals surface area contributed by atoms with Gasteiger partial charge in [-0.15, -0.1) is 0 Å². The minimum atomic E-state index is 0.337. The van der Waals surface area contributed by atoms with Crippen LogP contribution in [0.2, 0.25) is 5.02 Å². The largest absolute Gasteiger partial charge is 0.382 e. The molecule has 3 fully saturated rings. The van der Waals surface area contributed by atoms with Crippen LogP contribution in [0.3, 0.4) is 0 Å². The first kappa shape index (κ1) is 14.5. The van der Waals surface area contributed by atoms with Crippen molar-refractivity contribution in [2.75, 3.05) is 23.7 Å². The van der Waals surface area contributed by atoms with Gasteiger partial charge in [0, 0.05) is 24.9 Å². The SMILES string of the molecule is Nc1ncnc(N2C[C@H](c3nc(C4CC4)n[nH]3)[C@@H](C3CC3)C2)c1Cl. The van der Waals surface area contributed by atoms with Crippen LogP contribution in [-0.2, 0) is 0 Å². The molecule has 1 saturated heterocycles. The van der Waals surface area contributed by atoms with Crippen LogP contribution in [0.15, 0.2) is 6.33 Å². The summed E-state index contributed by atoms with van der Waals surface area (Å²) in [4.78, 5) is 15.4. The molecule has 0 spiro atoms. The van der Waals surface area contributed by atoms with Gasteiger partial charge < -0.3 is 10.6 Å². The Hall–Kier alpha value is -1.89.